The van der Waals surface area contributed by atoms with Crippen LogP contribution in [0, 0.1) is 6.92 Å². The predicted molar refractivity (Wildman–Crippen MR) is 113 cm³/mol. The quantitative estimate of drug-likeness (QED) is 0.573. The Bertz CT molecular complexity index is 1140. The third kappa shape index (κ3) is 3.17. The van der Waals surface area contributed by atoms with Crippen molar-refractivity contribution >= 4 is 16.9 Å². The van der Waals surface area contributed by atoms with Gasteiger partial charge in [-0.1, -0.05) is 12.1 Å². The third-order valence-corrected chi connectivity index (χ3v) is 5.83. The molecule has 0 saturated carbocycles. The molecule has 2 N–H and O–H groups in total. The van der Waals surface area contributed by atoms with E-state index in [1.807, 2.05) is 36.5 Å². The van der Waals surface area contributed by atoms with Gasteiger partial charge >= 0.3 is 0 Å². The summed E-state index contributed by atoms with van der Waals surface area (Å²) in [5.74, 6) is 0.888. The number of rotatable bonds is 3. The molecule has 0 aliphatic carbocycles. The zero-order valence-electron chi connectivity index (χ0n) is 16.7. The molecule has 1 saturated heterocycles. The lowest BCUT2D eigenvalue weighted by Gasteiger charge is -2.29. The van der Waals surface area contributed by atoms with Crippen molar-refractivity contribution < 1.29 is 4.42 Å². The van der Waals surface area contributed by atoms with Crippen LogP contribution in [-0.2, 0) is 0 Å². The first-order valence-electron chi connectivity index (χ1n) is 9.94. The molecule has 0 atom stereocenters. The minimum Gasteiger partial charge on any atom is -0.436 e. The summed E-state index contributed by atoms with van der Waals surface area (Å²) in [6.45, 7) is 4.32. The molecule has 148 valence electrons. The first-order chi connectivity index (χ1) is 14.1. The van der Waals surface area contributed by atoms with Crippen LogP contribution in [0.3, 0.4) is 0 Å². The molecule has 7 heteroatoms. The van der Waals surface area contributed by atoms with Crippen LogP contribution >= 0.6 is 0 Å². The number of hydrogen-bond donors (Lipinski definition) is 1. The van der Waals surface area contributed by atoms with Gasteiger partial charge in [-0.25, -0.2) is 9.97 Å². The molecule has 0 amide bonds. The van der Waals surface area contributed by atoms with Crippen molar-refractivity contribution in [3.63, 3.8) is 0 Å². The zero-order valence-corrected chi connectivity index (χ0v) is 16.7. The third-order valence-electron chi connectivity index (χ3n) is 5.83. The number of piperidine rings is 1. The van der Waals surface area contributed by atoms with Gasteiger partial charge < -0.3 is 15.1 Å². The van der Waals surface area contributed by atoms with E-state index in [1.165, 1.54) is 0 Å². The molecule has 0 spiro atoms. The van der Waals surface area contributed by atoms with Crippen molar-refractivity contribution in [3.05, 3.63) is 48.4 Å². The predicted octanol–water partition coefficient (Wildman–Crippen LogP) is 3.91. The first-order valence-corrected chi connectivity index (χ1v) is 9.94. The average Bonchev–Trinajstić information content (AvgIpc) is 3.33. The van der Waals surface area contributed by atoms with Crippen LogP contribution in [0.15, 0.2) is 47.1 Å². The summed E-state index contributed by atoms with van der Waals surface area (Å²) in [5.41, 5.74) is 11.6. The maximum atomic E-state index is 6.16. The maximum Gasteiger partial charge on any atom is 0.231 e. The minimum atomic E-state index is 0.403. The van der Waals surface area contributed by atoms with Gasteiger partial charge in [0.15, 0.2) is 5.58 Å². The molecule has 3 aromatic heterocycles. The van der Waals surface area contributed by atoms with Gasteiger partial charge in [-0.05, 0) is 58.1 Å². The Balaban J connectivity index is 1.52. The Morgan fingerprint density at radius 2 is 1.90 bits per heavy atom. The van der Waals surface area contributed by atoms with E-state index in [0.717, 1.165) is 53.9 Å². The van der Waals surface area contributed by atoms with Crippen molar-refractivity contribution in [2.24, 2.45) is 0 Å². The summed E-state index contributed by atoms with van der Waals surface area (Å²) >= 11 is 0. The van der Waals surface area contributed by atoms with Crippen LogP contribution in [0.5, 0.6) is 0 Å². The van der Waals surface area contributed by atoms with Crippen LogP contribution in [0.25, 0.3) is 33.7 Å². The van der Waals surface area contributed by atoms with Crippen LogP contribution in [0.2, 0.25) is 0 Å². The van der Waals surface area contributed by atoms with Gasteiger partial charge in [-0.15, -0.1) is 0 Å². The number of benzene rings is 1. The fourth-order valence-corrected chi connectivity index (χ4v) is 4.10. The van der Waals surface area contributed by atoms with Crippen LogP contribution < -0.4 is 5.73 Å². The molecule has 1 aliphatic rings. The number of nitrogen functional groups attached to an aromatic ring is 1. The number of oxazole rings is 1. The van der Waals surface area contributed by atoms with E-state index in [1.54, 1.807) is 6.20 Å². The van der Waals surface area contributed by atoms with Crippen molar-refractivity contribution in [1.82, 2.24) is 24.6 Å². The summed E-state index contributed by atoms with van der Waals surface area (Å²) in [4.78, 5) is 11.4. The number of likely N-dealkylation sites (tertiary alicyclic amines) is 1. The molecule has 29 heavy (non-hydrogen) atoms. The largest absolute Gasteiger partial charge is 0.436 e. The second-order valence-electron chi connectivity index (χ2n) is 7.77. The lowest BCUT2D eigenvalue weighted by atomic mass is 10.0. The normalized spacial score (nSPS) is 15.9. The Morgan fingerprint density at radius 1 is 1.10 bits per heavy atom. The van der Waals surface area contributed by atoms with E-state index in [0.29, 0.717) is 23.3 Å². The van der Waals surface area contributed by atoms with Gasteiger partial charge in [0.2, 0.25) is 5.89 Å². The Morgan fingerprint density at radius 3 is 2.69 bits per heavy atom. The molecular weight excluding hydrogens is 364 g/mol. The zero-order chi connectivity index (χ0) is 20.0. The average molecular weight is 388 g/mol. The maximum absolute atomic E-state index is 6.16. The number of para-hydroxylation sites is 2. The Kier molecular flexibility index (Phi) is 4.32. The van der Waals surface area contributed by atoms with E-state index < -0.39 is 0 Å². The highest BCUT2D eigenvalue weighted by atomic mass is 16.3. The van der Waals surface area contributed by atoms with Gasteiger partial charge in [-0.2, -0.15) is 5.10 Å². The van der Waals surface area contributed by atoms with Crippen molar-refractivity contribution in [3.8, 4) is 22.6 Å². The van der Waals surface area contributed by atoms with E-state index in [4.69, 9.17) is 15.2 Å². The molecule has 1 aliphatic heterocycles. The topological polar surface area (TPSA) is 86.0 Å². The van der Waals surface area contributed by atoms with E-state index >= 15 is 0 Å². The van der Waals surface area contributed by atoms with Crippen molar-refractivity contribution in [2.75, 3.05) is 25.9 Å². The first kappa shape index (κ1) is 17.9. The summed E-state index contributed by atoms with van der Waals surface area (Å²) < 4.78 is 8.07. The van der Waals surface area contributed by atoms with Gasteiger partial charge in [0.1, 0.15) is 11.3 Å². The molecule has 1 fully saturated rings. The molecule has 4 heterocycles. The van der Waals surface area contributed by atoms with Gasteiger partial charge in [0.05, 0.1) is 17.8 Å². The molecule has 0 radical (unpaired) electrons. The molecule has 0 bridgehead atoms. The van der Waals surface area contributed by atoms with E-state index in [9.17, 15) is 0 Å². The summed E-state index contributed by atoms with van der Waals surface area (Å²) in [6.07, 6.45) is 5.96. The number of anilines is 1. The van der Waals surface area contributed by atoms with Gasteiger partial charge in [0.25, 0.3) is 0 Å². The van der Waals surface area contributed by atoms with E-state index in [-0.39, 0.29) is 0 Å². The lowest BCUT2D eigenvalue weighted by molar-refractivity contribution is 0.210. The second-order valence-corrected chi connectivity index (χ2v) is 7.77. The summed E-state index contributed by atoms with van der Waals surface area (Å²) in [6, 6.07) is 10.1. The van der Waals surface area contributed by atoms with Crippen molar-refractivity contribution in [1.29, 1.82) is 0 Å². The highest BCUT2D eigenvalue weighted by Crippen LogP contribution is 2.33. The lowest BCUT2D eigenvalue weighted by Crippen LogP contribution is -2.32. The van der Waals surface area contributed by atoms with Gasteiger partial charge in [-0.3, -0.25) is 4.68 Å². The molecule has 7 nitrogen and oxygen atoms in total. The smallest absolute Gasteiger partial charge is 0.231 e. The van der Waals surface area contributed by atoms with Crippen LogP contribution in [0.4, 0.5) is 5.82 Å². The Labute approximate surface area is 169 Å². The van der Waals surface area contributed by atoms with E-state index in [2.05, 4.69) is 33.5 Å². The fraction of sp³-hybridized carbons (Fsp3) is 0.318. The highest BCUT2D eigenvalue weighted by molar-refractivity contribution is 5.81. The number of hydrogen-bond acceptors (Lipinski definition) is 6. The molecule has 0 unspecified atom stereocenters. The number of fused-ring (bicyclic) bond motifs is 1. The number of nitrogens with zero attached hydrogens (tertiary/aromatic N) is 5. The number of nitrogens with two attached hydrogens (primary N) is 1. The summed E-state index contributed by atoms with van der Waals surface area (Å²) in [7, 11) is 2.17. The minimum absolute atomic E-state index is 0.403. The van der Waals surface area contributed by atoms with Crippen molar-refractivity contribution in [2.45, 2.75) is 25.8 Å². The molecule has 4 aromatic rings. The SMILES string of the molecule is Cc1c(-c2cnc(N)c(-c3nc4ccccc4o3)c2)cnn1C1CCN(C)CC1. The second kappa shape index (κ2) is 7.00. The number of pyridine rings is 1. The molecule has 5 rings (SSSR count). The summed E-state index contributed by atoms with van der Waals surface area (Å²) in [5, 5.41) is 4.70. The number of aromatic nitrogens is 4. The van der Waals surface area contributed by atoms with Crippen LogP contribution in [0.1, 0.15) is 24.6 Å². The standard InChI is InChI=1S/C22H24N6O/c1-14-18(13-25-28(14)16-7-9-27(2)10-8-16)15-11-17(21(23)24-12-15)22-26-19-5-3-4-6-20(19)29-22/h3-6,11-13,16H,7-10H2,1-2H3,(H2,23,24). The Hall–Kier alpha value is -3.19. The molecule has 1 aromatic carbocycles. The monoisotopic (exact) mass is 388 g/mol. The fourth-order valence-electron chi connectivity index (χ4n) is 4.10. The van der Waals surface area contributed by atoms with Crippen LogP contribution in [-0.4, -0.2) is 44.8 Å². The highest BCUT2D eigenvalue weighted by Gasteiger charge is 2.22. The van der Waals surface area contributed by atoms with Gasteiger partial charge in [0, 0.05) is 23.0 Å². The molecular formula is C22H24N6O.